The Morgan fingerprint density at radius 2 is 1.95 bits per heavy atom. The molecule has 2 aliphatic rings. The predicted octanol–water partition coefficient (Wildman–Crippen LogP) is 4.30. The minimum absolute atomic E-state index is 0.104. The molecule has 20 heavy (non-hydrogen) atoms. The molecular weight excluding hydrogens is 314 g/mol. The Labute approximate surface area is 127 Å². The van der Waals surface area contributed by atoms with E-state index in [2.05, 4.69) is 76.7 Å². The smallest absolute Gasteiger partial charge is 0.149 e. The van der Waals surface area contributed by atoms with Crippen LogP contribution in [0, 0.1) is 0 Å². The second-order valence-electron chi connectivity index (χ2n) is 5.72. The highest BCUT2D eigenvalue weighted by Crippen LogP contribution is 2.57. The van der Waals surface area contributed by atoms with Crippen molar-refractivity contribution < 1.29 is 4.74 Å². The van der Waals surface area contributed by atoms with Crippen LogP contribution < -0.4 is 5.32 Å². The summed E-state index contributed by atoms with van der Waals surface area (Å²) in [4.78, 5) is 0. The van der Waals surface area contributed by atoms with Gasteiger partial charge in [0.05, 0.1) is 12.0 Å². The molecule has 0 aliphatic carbocycles. The number of hydrogen-bond acceptors (Lipinski definition) is 2. The van der Waals surface area contributed by atoms with E-state index in [1.807, 2.05) is 0 Å². The SMILES string of the molecule is C[C@@]12Nc3ccc(Br)cc3[C@]1(c1ccccc1)CCO2. The van der Waals surface area contributed by atoms with Crippen LogP contribution in [0.15, 0.2) is 53.0 Å². The predicted molar refractivity (Wildman–Crippen MR) is 84.0 cm³/mol. The highest BCUT2D eigenvalue weighted by Gasteiger charge is 2.60. The van der Waals surface area contributed by atoms with Crippen LogP contribution in [-0.4, -0.2) is 12.3 Å². The standard InChI is InChI=1S/C17H16BrNO/c1-16-17(9-10-20-16,12-5-3-2-4-6-12)14-11-13(18)7-8-15(14)19-16/h2-8,11,19H,9-10H2,1H3/t16-,17+/m0/s1. The van der Waals surface area contributed by atoms with Gasteiger partial charge >= 0.3 is 0 Å². The lowest BCUT2D eigenvalue weighted by Crippen LogP contribution is -2.47. The molecule has 1 fully saturated rings. The highest BCUT2D eigenvalue weighted by atomic mass is 79.9. The van der Waals surface area contributed by atoms with Gasteiger partial charge in [0, 0.05) is 10.2 Å². The topological polar surface area (TPSA) is 21.3 Å². The molecule has 2 aromatic rings. The fourth-order valence-corrected chi connectivity index (χ4v) is 4.20. The summed E-state index contributed by atoms with van der Waals surface area (Å²) >= 11 is 3.61. The van der Waals surface area contributed by atoms with Crippen molar-refractivity contribution in [2.75, 3.05) is 11.9 Å². The summed E-state index contributed by atoms with van der Waals surface area (Å²) in [6.45, 7) is 2.95. The van der Waals surface area contributed by atoms with Crippen LogP contribution in [0.4, 0.5) is 5.69 Å². The van der Waals surface area contributed by atoms with Gasteiger partial charge in [-0.05, 0) is 42.7 Å². The van der Waals surface area contributed by atoms with Crippen LogP contribution in [0.1, 0.15) is 24.5 Å². The Hall–Kier alpha value is -1.32. The number of ether oxygens (including phenoxy) is 1. The lowest BCUT2D eigenvalue weighted by Gasteiger charge is -2.37. The zero-order valence-electron chi connectivity index (χ0n) is 11.3. The van der Waals surface area contributed by atoms with E-state index in [0.29, 0.717) is 0 Å². The van der Waals surface area contributed by atoms with E-state index < -0.39 is 0 Å². The van der Waals surface area contributed by atoms with Crippen molar-refractivity contribution in [2.24, 2.45) is 0 Å². The molecule has 0 spiro atoms. The number of benzene rings is 2. The van der Waals surface area contributed by atoms with Gasteiger partial charge in [0.25, 0.3) is 0 Å². The third-order valence-corrected chi connectivity index (χ3v) is 5.26. The summed E-state index contributed by atoms with van der Waals surface area (Å²) in [6, 6.07) is 17.2. The van der Waals surface area contributed by atoms with Crippen molar-refractivity contribution in [3.8, 4) is 0 Å². The molecule has 2 atom stereocenters. The zero-order chi connectivity index (χ0) is 13.8. The van der Waals surface area contributed by atoms with Gasteiger partial charge in [-0.15, -0.1) is 0 Å². The lowest BCUT2D eigenvalue weighted by molar-refractivity contribution is 0.0234. The molecule has 0 saturated carbocycles. The van der Waals surface area contributed by atoms with Gasteiger partial charge in [-0.2, -0.15) is 0 Å². The maximum atomic E-state index is 6.12. The van der Waals surface area contributed by atoms with E-state index in [0.717, 1.165) is 17.5 Å². The molecule has 102 valence electrons. The summed E-state index contributed by atoms with van der Waals surface area (Å²) in [5, 5.41) is 3.60. The first-order valence-electron chi connectivity index (χ1n) is 6.93. The Morgan fingerprint density at radius 3 is 2.75 bits per heavy atom. The molecule has 1 saturated heterocycles. The third kappa shape index (κ3) is 1.42. The molecule has 2 heterocycles. The molecule has 2 aromatic carbocycles. The number of hydrogen-bond donors (Lipinski definition) is 1. The summed E-state index contributed by atoms with van der Waals surface area (Å²) < 4.78 is 7.23. The van der Waals surface area contributed by atoms with Crippen molar-refractivity contribution in [3.05, 3.63) is 64.1 Å². The maximum absolute atomic E-state index is 6.12. The van der Waals surface area contributed by atoms with Crippen LogP contribution in [0.25, 0.3) is 0 Å². The quantitative estimate of drug-likeness (QED) is 0.842. The number of nitrogens with one attached hydrogen (secondary N) is 1. The second-order valence-corrected chi connectivity index (χ2v) is 6.63. The monoisotopic (exact) mass is 329 g/mol. The van der Waals surface area contributed by atoms with Gasteiger partial charge in [0.2, 0.25) is 0 Å². The molecule has 0 unspecified atom stereocenters. The Balaban J connectivity index is 2.02. The summed E-state index contributed by atoms with van der Waals surface area (Å²) in [6.07, 6.45) is 1.00. The lowest BCUT2D eigenvalue weighted by atomic mass is 9.69. The first-order valence-corrected chi connectivity index (χ1v) is 7.73. The summed E-state index contributed by atoms with van der Waals surface area (Å²) in [5.41, 5.74) is 3.37. The minimum Gasteiger partial charge on any atom is -0.357 e. The minimum atomic E-state index is -0.364. The Morgan fingerprint density at radius 1 is 1.15 bits per heavy atom. The molecule has 4 rings (SSSR count). The first-order chi connectivity index (χ1) is 9.66. The molecule has 3 heteroatoms. The van der Waals surface area contributed by atoms with Gasteiger partial charge in [-0.1, -0.05) is 46.3 Å². The Bertz CT molecular complexity index is 672. The van der Waals surface area contributed by atoms with Gasteiger partial charge in [-0.25, -0.2) is 0 Å². The van der Waals surface area contributed by atoms with Crippen molar-refractivity contribution in [1.82, 2.24) is 0 Å². The molecule has 0 radical (unpaired) electrons. The number of halogens is 1. The molecule has 2 nitrogen and oxygen atoms in total. The van der Waals surface area contributed by atoms with Crippen LogP contribution in [0.3, 0.4) is 0 Å². The molecule has 0 bridgehead atoms. The van der Waals surface area contributed by atoms with E-state index >= 15 is 0 Å². The van der Waals surface area contributed by atoms with Crippen LogP contribution >= 0.6 is 15.9 Å². The zero-order valence-corrected chi connectivity index (χ0v) is 12.9. The number of anilines is 1. The van der Waals surface area contributed by atoms with Gasteiger partial charge in [0.15, 0.2) is 0 Å². The van der Waals surface area contributed by atoms with Crippen molar-refractivity contribution in [2.45, 2.75) is 24.5 Å². The summed E-state index contributed by atoms with van der Waals surface area (Å²) in [7, 11) is 0. The van der Waals surface area contributed by atoms with Crippen LogP contribution in [0.2, 0.25) is 0 Å². The fourth-order valence-electron chi connectivity index (χ4n) is 3.84. The first kappa shape index (κ1) is 12.4. The van der Waals surface area contributed by atoms with E-state index in [1.165, 1.54) is 16.8 Å². The van der Waals surface area contributed by atoms with Crippen molar-refractivity contribution in [1.29, 1.82) is 0 Å². The Kier molecular flexibility index (Phi) is 2.54. The maximum Gasteiger partial charge on any atom is 0.149 e. The molecule has 0 amide bonds. The van der Waals surface area contributed by atoms with E-state index in [-0.39, 0.29) is 11.1 Å². The van der Waals surface area contributed by atoms with E-state index in [9.17, 15) is 0 Å². The van der Waals surface area contributed by atoms with Gasteiger partial charge in [0.1, 0.15) is 5.72 Å². The van der Waals surface area contributed by atoms with E-state index in [4.69, 9.17) is 4.74 Å². The molecule has 0 aromatic heterocycles. The van der Waals surface area contributed by atoms with Crippen molar-refractivity contribution >= 4 is 21.6 Å². The largest absolute Gasteiger partial charge is 0.357 e. The molecular formula is C17H16BrNO. The fraction of sp³-hybridized carbons (Fsp3) is 0.294. The van der Waals surface area contributed by atoms with E-state index in [1.54, 1.807) is 0 Å². The van der Waals surface area contributed by atoms with Gasteiger partial charge < -0.3 is 10.1 Å². The summed E-state index contributed by atoms with van der Waals surface area (Å²) in [5.74, 6) is 0. The highest BCUT2D eigenvalue weighted by molar-refractivity contribution is 9.10. The average molecular weight is 330 g/mol. The van der Waals surface area contributed by atoms with Gasteiger partial charge in [-0.3, -0.25) is 0 Å². The molecule has 1 N–H and O–H groups in total. The average Bonchev–Trinajstić information content (AvgIpc) is 2.90. The number of fused-ring (bicyclic) bond motifs is 3. The normalized spacial score (nSPS) is 30.7. The number of rotatable bonds is 1. The van der Waals surface area contributed by atoms with Crippen molar-refractivity contribution in [3.63, 3.8) is 0 Å². The third-order valence-electron chi connectivity index (χ3n) is 4.76. The van der Waals surface area contributed by atoms with Crippen LogP contribution in [-0.2, 0) is 10.2 Å². The van der Waals surface area contributed by atoms with Crippen LogP contribution in [0.5, 0.6) is 0 Å². The second kappa shape index (κ2) is 4.09. The molecule has 2 aliphatic heterocycles.